The molecule has 0 radical (unpaired) electrons. The van der Waals surface area contributed by atoms with E-state index < -0.39 is 6.10 Å². The van der Waals surface area contributed by atoms with E-state index in [4.69, 9.17) is 20.7 Å². The Morgan fingerprint density at radius 1 is 1.43 bits per heavy atom. The second kappa shape index (κ2) is 8.47. The van der Waals surface area contributed by atoms with Crippen molar-refractivity contribution in [2.75, 3.05) is 48.7 Å². The van der Waals surface area contributed by atoms with Gasteiger partial charge in [0.2, 0.25) is 5.95 Å². The zero-order valence-electron chi connectivity index (χ0n) is 12.9. The number of hydrogen-bond acceptors (Lipinski definition) is 8. The van der Waals surface area contributed by atoms with E-state index in [1.807, 2.05) is 4.90 Å². The van der Waals surface area contributed by atoms with Crippen molar-refractivity contribution >= 4 is 41.4 Å². The minimum absolute atomic E-state index is 0. The van der Waals surface area contributed by atoms with Crippen molar-refractivity contribution in [2.24, 2.45) is 7.05 Å². The van der Waals surface area contributed by atoms with Gasteiger partial charge in [0.15, 0.2) is 5.82 Å². The van der Waals surface area contributed by atoms with Crippen molar-refractivity contribution in [1.29, 1.82) is 0 Å². The molecule has 0 atom stereocenters. The highest BCUT2D eigenvalue weighted by atomic mass is 127. The Labute approximate surface area is 151 Å². The molecule has 0 amide bonds. The Morgan fingerprint density at radius 3 is 2.65 bits per heavy atom. The van der Waals surface area contributed by atoms with Crippen LogP contribution in [0.4, 0.5) is 17.5 Å². The molecule has 0 fully saturated rings. The van der Waals surface area contributed by atoms with E-state index in [1.165, 1.54) is 4.57 Å². The van der Waals surface area contributed by atoms with Crippen LogP contribution >= 0.6 is 24.0 Å². The third-order valence-electron chi connectivity index (χ3n) is 3.46. The highest BCUT2D eigenvalue weighted by Gasteiger charge is 2.31. The van der Waals surface area contributed by atoms with Gasteiger partial charge < -0.3 is 30.5 Å². The lowest BCUT2D eigenvalue weighted by atomic mass is 10.4. The maximum absolute atomic E-state index is 12.4. The number of aromatic nitrogens is 2. The fourth-order valence-electron chi connectivity index (χ4n) is 2.20. The van der Waals surface area contributed by atoms with Gasteiger partial charge in [0.25, 0.3) is 5.56 Å². The normalized spacial score (nSPS) is 13.2. The van der Waals surface area contributed by atoms with Gasteiger partial charge in [0.1, 0.15) is 18.5 Å². The molecule has 1 aromatic rings. The first kappa shape index (κ1) is 19.7. The number of halogens is 1. The standard InChI is InChI=1S/C13H21N5O4.HI/c1-3-4-17-7-18(8-22-9(5-19)6-20)11-10(17)12(21)16(2)13(14)15-11;/h3,9,19-20H,1,4-8H2,2H3,(H2,14,15);1H. The highest BCUT2D eigenvalue weighted by molar-refractivity contribution is 14.0. The summed E-state index contributed by atoms with van der Waals surface area (Å²) in [4.78, 5) is 20.2. The fraction of sp³-hybridized carbons (Fsp3) is 0.538. The summed E-state index contributed by atoms with van der Waals surface area (Å²) in [6.45, 7) is 4.04. The summed E-state index contributed by atoms with van der Waals surface area (Å²) < 4.78 is 6.68. The molecule has 130 valence electrons. The number of nitrogen functional groups attached to an aromatic ring is 1. The van der Waals surface area contributed by atoms with Gasteiger partial charge in [0, 0.05) is 13.6 Å². The summed E-state index contributed by atoms with van der Waals surface area (Å²) in [6.07, 6.45) is 1.01. The van der Waals surface area contributed by atoms with Gasteiger partial charge in [0.05, 0.1) is 19.9 Å². The van der Waals surface area contributed by atoms with E-state index in [0.29, 0.717) is 24.7 Å². The number of fused-ring (bicyclic) bond motifs is 1. The first-order chi connectivity index (χ1) is 10.5. The van der Waals surface area contributed by atoms with Crippen molar-refractivity contribution in [2.45, 2.75) is 6.10 Å². The Bertz CT molecular complexity index is 605. The monoisotopic (exact) mass is 439 g/mol. The molecule has 0 aromatic carbocycles. The third kappa shape index (κ3) is 3.94. The molecule has 0 saturated heterocycles. The second-order valence-electron chi connectivity index (χ2n) is 4.98. The molecule has 9 nitrogen and oxygen atoms in total. The third-order valence-corrected chi connectivity index (χ3v) is 3.46. The van der Waals surface area contributed by atoms with Crippen LogP contribution in [-0.4, -0.2) is 59.0 Å². The SMILES string of the molecule is C=CCN1CN(COC(CO)CO)c2nc(N)n(C)c(=O)c21.I. The molecule has 1 aliphatic rings. The van der Waals surface area contributed by atoms with Crippen molar-refractivity contribution in [3.8, 4) is 0 Å². The first-order valence-electron chi connectivity index (χ1n) is 6.84. The van der Waals surface area contributed by atoms with Crippen LogP contribution in [0, 0.1) is 0 Å². The van der Waals surface area contributed by atoms with Crippen LogP contribution in [-0.2, 0) is 11.8 Å². The van der Waals surface area contributed by atoms with E-state index in [-0.39, 0.29) is 55.4 Å². The predicted molar refractivity (Wildman–Crippen MR) is 98.1 cm³/mol. The molecule has 0 saturated carbocycles. The van der Waals surface area contributed by atoms with Gasteiger partial charge in [-0.2, -0.15) is 4.98 Å². The van der Waals surface area contributed by atoms with E-state index in [0.717, 1.165) is 0 Å². The molecule has 4 N–H and O–H groups in total. The lowest BCUT2D eigenvalue weighted by Crippen LogP contribution is -2.36. The number of nitrogens with two attached hydrogens (primary N) is 1. The minimum atomic E-state index is -0.680. The Balaban J connectivity index is 0.00000264. The molecule has 23 heavy (non-hydrogen) atoms. The fourth-order valence-corrected chi connectivity index (χ4v) is 2.20. The average Bonchev–Trinajstić information content (AvgIpc) is 2.84. The van der Waals surface area contributed by atoms with Gasteiger partial charge in [-0.25, -0.2) is 0 Å². The van der Waals surface area contributed by atoms with Crippen LogP contribution < -0.4 is 21.1 Å². The van der Waals surface area contributed by atoms with Crippen LogP contribution in [0.5, 0.6) is 0 Å². The van der Waals surface area contributed by atoms with Gasteiger partial charge in [-0.1, -0.05) is 6.08 Å². The average molecular weight is 439 g/mol. The summed E-state index contributed by atoms with van der Waals surface area (Å²) in [6, 6.07) is 0. The van der Waals surface area contributed by atoms with Gasteiger partial charge >= 0.3 is 0 Å². The van der Waals surface area contributed by atoms with Crippen molar-refractivity contribution in [3.05, 3.63) is 23.0 Å². The maximum atomic E-state index is 12.4. The van der Waals surface area contributed by atoms with Crippen LogP contribution in [0.1, 0.15) is 0 Å². The molecular formula is C13H22IN5O4. The highest BCUT2D eigenvalue weighted by Crippen LogP contribution is 2.31. The molecule has 0 aliphatic carbocycles. The molecule has 2 rings (SSSR count). The Hall–Kier alpha value is -1.37. The van der Waals surface area contributed by atoms with E-state index in [1.54, 1.807) is 18.0 Å². The lowest BCUT2D eigenvalue weighted by molar-refractivity contribution is -0.0188. The van der Waals surface area contributed by atoms with Crippen molar-refractivity contribution in [1.82, 2.24) is 9.55 Å². The van der Waals surface area contributed by atoms with Gasteiger partial charge in [-0.3, -0.25) is 9.36 Å². The molecule has 10 heteroatoms. The summed E-state index contributed by atoms with van der Waals surface area (Å²) in [7, 11) is 1.56. The van der Waals surface area contributed by atoms with Crippen molar-refractivity contribution < 1.29 is 14.9 Å². The van der Waals surface area contributed by atoms with Crippen LogP contribution in [0.2, 0.25) is 0 Å². The summed E-state index contributed by atoms with van der Waals surface area (Å²) in [5.74, 6) is 0.534. The maximum Gasteiger partial charge on any atom is 0.280 e. The summed E-state index contributed by atoms with van der Waals surface area (Å²) in [5.41, 5.74) is 5.94. The number of nitrogens with zero attached hydrogens (tertiary/aromatic N) is 4. The smallest absolute Gasteiger partial charge is 0.280 e. The molecule has 2 heterocycles. The molecule has 0 spiro atoms. The van der Waals surface area contributed by atoms with E-state index >= 15 is 0 Å². The first-order valence-corrected chi connectivity index (χ1v) is 6.84. The van der Waals surface area contributed by atoms with Crippen LogP contribution in [0.15, 0.2) is 17.4 Å². The minimum Gasteiger partial charge on any atom is -0.394 e. The molecule has 1 aromatic heterocycles. The van der Waals surface area contributed by atoms with E-state index in [2.05, 4.69) is 11.6 Å². The molecular weight excluding hydrogens is 417 g/mol. The van der Waals surface area contributed by atoms with Crippen molar-refractivity contribution in [3.63, 3.8) is 0 Å². The number of hydrogen-bond donors (Lipinski definition) is 3. The van der Waals surface area contributed by atoms with Gasteiger partial charge in [-0.15, -0.1) is 30.6 Å². The molecule has 0 unspecified atom stereocenters. The number of rotatable bonds is 7. The Kier molecular flexibility index (Phi) is 7.25. The number of aliphatic hydroxyl groups excluding tert-OH is 2. The Morgan fingerprint density at radius 2 is 2.09 bits per heavy atom. The second-order valence-corrected chi connectivity index (χ2v) is 4.98. The van der Waals surface area contributed by atoms with E-state index in [9.17, 15) is 4.79 Å². The molecule has 0 bridgehead atoms. The quantitative estimate of drug-likeness (QED) is 0.369. The zero-order valence-corrected chi connectivity index (χ0v) is 15.2. The summed E-state index contributed by atoms with van der Waals surface area (Å²) >= 11 is 0. The summed E-state index contributed by atoms with van der Waals surface area (Å²) in [5, 5.41) is 18.1. The zero-order chi connectivity index (χ0) is 16.3. The largest absolute Gasteiger partial charge is 0.394 e. The lowest BCUT2D eigenvalue weighted by Gasteiger charge is -2.22. The van der Waals surface area contributed by atoms with Gasteiger partial charge in [-0.05, 0) is 0 Å². The van der Waals surface area contributed by atoms with Crippen LogP contribution in [0.3, 0.4) is 0 Å². The topological polar surface area (TPSA) is 117 Å². The number of aliphatic hydroxyl groups is 2. The predicted octanol–water partition coefficient (Wildman–Crippen LogP) is -0.922. The number of ether oxygens (including phenoxy) is 1. The molecule has 1 aliphatic heterocycles. The van der Waals surface area contributed by atoms with Crippen LogP contribution in [0.25, 0.3) is 0 Å². The number of anilines is 3.